The Kier molecular flexibility index (Phi) is 2.84. The van der Waals surface area contributed by atoms with Crippen LogP contribution in [0.15, 0.2) is 25.5 Å². The van der Waals surface area contributed by atoms with Gasteiger partial charge in [0, 0.05) is 5.39 Å². The third kappa shape index (κ3) is 1.70. The minimum Gasteiger partial charge on any atom is -0.496 e. The van der Waals surface area contributed by atoms with Crippen molar-refractivity contribution in [2.45, 2.75) is 0 Å². The van der Waals surface area contributed by atoms with Crippen LogP contribution in [0.4, 0.5) is 0 Å². The predicted molar refractivity (Wildman–Crippen MR) is 63.6 cm³/mol. The minimum absolute atomic E-state index is 0.291. The lowest BCUT2D eigenvalue weighted by Gasteiger charge is -2.04. The van der Waals surface area contributed by atoms with Crippen molar-refractivity contribution in [1.82, 2.24) is 0 Å². The lowest BCUT2D eigenvalue weighted by Crippen LogP contribution is -1.84. The van der Waals surface area contributed by atoms with E-state index < -0.39 is 0 Å². The molecule has 0 fully saturated rings. The number of benzene rings is 1. The Morgan fingerprint density at radius 1 is 1.40 bits per heavy atom. The fourth-order valence-corrected chi connectivity index (χ4v) is 2.41. The van der Waals surface area contributed by atoms with E-state index in [0.29, 0.717) is 23.4 Å². The van der Waals surface area contributed by atoms with Gasteiger partial charge >= 0.3 is 0 Å². The van der Waals surface area contributed by atoms with Crippen LogP contribution in [0, 0.1) is 0 Å². The second kappa shape index (κ2) is 3.98. The van der Waals surface area contributed by atoms with Gasteiger partial charge in [0.2, 0.25) is 0 Å². The average molecular weight is 334 g/mol. The van der Waals surface area contributed by atoms with Gasteiger partial charge in [0.15, 0.2) is 17.6 Å². The van der Waals surface area contributed by atoms with Crippen LogP contribution < -0.4 is 4.74 Å². The maximum absolute atomic E-state index is 10.6. The van der Waals surface area contributed by atoms with Crippen molar-refractivity contribution >= 4 is 49.1 Å². The number of carbonyl (C=O) groups excluding carboxylic acids is 1. The van der Waals surface area contributed by atoms with Crippen LogP contribution in [0.25, 0.3) is 11.0 Å². The maximum atomic E-state index is 10.6. The van der Waals surface area contributed by atoms with E-state index in [1.54, 1.807) is 19.2 Å². The zero-order chi connectivity index (χ0) is 11.0. The molecule has 0 atom stereocenters. The summed E-state index contributed by atoms with van der Waals surface area (Å²) in [5.41, 5.74) is 0.629. The summed E-state index contributed by atoms with van der Waals surface area (Å²) in [7, 11) is 1.58. The molecule has 0 saturated carbocycles. The first kappa shape index (κ1) is 10.7. The molecule has 1 heterocycles. The molecule has 0 amide bonds. The molecule has 0 spiro atoms. The summed E-state index contributed by atoms with van der Waals surface area (Å²) in [6.45, 7) is 0. The molecule has 5 heteroatoms. The summed E-state index contributed by atoms with van der Waals surface area (Å²) < 4.78 is 12.0. The Morgan fingerprint density at radius 2 is 2.13 bits per heavy atom. The van der Waals surface area contributed by atoms with Gasteiger partial charge in [-0.2, -0.15) is 0 Å². The van der Waals surface area contributed by atoms with E-state index in [-0.39, 0.29) is 0 Å². The molecule has 0 saturated heterocycles. The average Bonchev–Trinajstić information content (AvgIpc) is 2.68. The third-order valence-corrected chi connectivity index (χ3v) is 3.42. The number of methoxy groups -OCH3 is 1. The molecular formula is C10H6Br2O3. The minimum atomic E-state index is 0.291. The van der Waals surface area contributed by atoms with Crippen LogP contribution in [0.5, 0.6) is 5.75 Å². The van der Waals surface area contributed by atoms with E-state index in [4.69, 9.17) is 9.15 Å². The van der Waals surface area contributed by atoms with Gasteiger partial charge in [0.25, 0.3) is 0 Å². The second-order valence-corrected chi connectivity index (χ2v) is 4.53. The first-order chi connectivity index (χ1) is 7.17. The van der Waals surface area contributed by atoms with E-state index in [1.165, 1.54) is 0 Å². The van der Waals surface area contributed by atoms with Crippen LogP contribution in [0.1, 0.15) is 10.6 Å². The summed E-state index contributed by atoms with van der Waals surface area (Å²) >= 11 is 6.75. The summed E-state index contributed by atoms with van der Waals surface area (Å²) in [6, 6.07) is 3.45. The fraction of sp³-hybridized carbons (Fsp3) is 0.100. The van der Waals surface area contributed by atoms with Crippen LogP contribution in [0.2, 0.25) is 0 Å². The van der Waals surface area contributed by atoms with Crippen molar-refractivity contribution in [3.8, 4) is 5.75 Å². The second-order valence-electron chi connectivity index (χ2n) is 2.88. The van der Waals surface area contributed by atoms with Crippen LogP contribution >= 0.6 is 31.9 Å². The highest BCUT2D eigenvalue weighted by atomic mass is 79.9. The number of rotatable bonds is 2. The zero-order valence-corrected chi connectivity index (χ0v) is 10.9. The highest BCUT2D eigenvalue weighted by molar-refractivity contribution is 9.11. The molecule has 1 aromatic heterocycles. The monoisotopic (exact) mass is 332 g/mol. The topological polar surface area (TPSA) is 39.4 Å². The molecule has 0 radical (unpaired) electrons. The number of aldehydes is 1. The normalized spacial score (nSPS) is 10.6. The molecular weight excluding hydrogens is 328 g/mol. The molecule has 0 bridgehead atoms. The third-order valence-electron chi connectivity index (χ3n) is 2.01. The van der Waals surface area contributed by atoms with Crippen molar-refractivity contribution in [3.05, 3.63) is 26.8 Å². The van der Waals surface area contributed by atoms with Gasteiger partial charge in [-0.25, -0.2) is 0 Å². The van der Waals surface area contributed by atoms with E-state index in [0.717, 1.165) is 14.3 Å². The Morgan fingerprint density at radius 3 is 2.73 bits per heavy atom. The summed E-state index contributed by atoms with van der Waals surface area (Å²) in [5, 5.41) is 0.809. The number of carbonyl (C=O) groups is 1. The molecule has 2 aromatic rings. The zero-order valence-electron chi connectivity index (χ0n) is 7.71. The molecule has 78 valence electrons. The first-order valence-electron chi connectivity index (χ1n) is 4.08. The van der Waals surface area contributed by atoms with Crippen molar-refractivity contribution in [2.75, 3.05) is 7.11 Å². The van der Waals surface area contributed by atoms with Crippen LogP contribution in [0.3, 0.4) is 0 Å². The summed E-state index contributed by atoms with van der Waals surface area (Å²) in [6.07, 6.45) is 0.672. The van der Waals surface area contributed by atoms with Gasteiger partial charge in [0.1, 0.15) is 5.75 Å². The number of hydrogen-bond acceptors (Lipinski definition) is 3. The molecule has 1 aromatic carbocycles. The van der Waals surface area contributed by atoms with Crippen LogP contribution in [-0.2, 0) is 0 Å². The van der Waals surface area contributed by atoms with Crippen molar-refractivity contribution in [2.24, 2.45) is 0 Å². The van der Waals surface area contributed by atoms with Gasteiger partial charge in [-0.15, -0.1) is 0 Å². The van der Waals surface area contributed by atoms with E-state index >= 15 is 0 Å². The molecule has 0 aliphatic heterocycles. The van der Waals surface area contributed by atoms with Crippen LogP contribution in [-0.4, -0.2) is 13.4 Å². The smallest absolute Gasteiger partial charge is 0.185 e. The highest BCUT2D eigenvalue weighted by Crippen LogP contribution is 2.39. The molecule has 2 rings (SSSR count). The van der Waals surface area contributed by atoms with E-state index in [1.807, 2.05) is 0 Å². The van der Waals surface area contributed by atoms with Gasteiger partial charge in [0.05, 0.1) is 16.1 Å². The molecule has 3 nitrogen and oxygen atoms in total. The number of fused-ring (bicyclic) bond motifs is 1. The molecule has 0 N–H and O–H groups in total. The Hall–Kier alpha value is -0.810. The lowest BCUT2D eigenvalue weighted by atomic mass is 10.2. The maximum Gasteiger partial charge on any atom is 0.185 e. The van der Waals surface area contributed by atoms with Gasteiger partial charge in [-0.1, -0.05) is 0 Å². The first-order valence-corrected chi connectivity index (χ1v) is 5.66. The number of hydrogen-bond donors (Lipinski definition) is 0. The molecule has 0 aliphatic rings. The Bertz CT molecular complexity index is 531. The van der Waals surface area contributed by atoms with Crippen molar-refractivity contribution in [3.63, 3.8) is 0 Å². The predicted octanol–water partition coefficient (Wildman–Crippen LogP) is 3.78. The Labute approximate surface area is 103 Å². The van der Waals surface area contributed by atoms with Crippen molar-refractivity contribution < 1.29 is 13.9 Å². The number of halogens is 2. The summed E-state index contributed by atoms with van der Waals surface area (Å²) in [5.74, 6) is 0.979. The molecule has 0 unspecified atom stereocenters. The fourth-order valence-electron chi connectivity index (χ4n) is 1.33. The van der Waals surface area contributed by atoms with Crippen molar-refractivity contribution in [1.29, 1.82) is 0 Å². The molecule has 15 heavy (non-hydrogen) atoms. The van der Waals surface area contributed by atoms with Gasteiger partial charge in [-0.3, -0.25) is 4.79 Å². The quantitative estimate of drug-likeness (QED) is 0.785. The van der Waals surface area contributed by atoms with Gasteiger partial charge < -0.3 is 9.15 Å². The highest BCUT2D eigenvalue weighted by Gasteiger charge is 2.14. The standard InChI is InChI=1S/C10H6Br2O3/c1-14-8-3-7(11)10-6(9(8)12)2-5(4-13)15-10/h2-4H,1H3. The molecule has 0 aliphatic carbocycles. The van der Waals surface area contributed by atoms with E-state index in [9.17, 15) is 4.79 Å². The number of furan rings is 1. The number of ether oxygens (including phenoxy) is 1. The van der Waals surface area contributed by atoms with E-state index in [2.05, 4.69) is 31.9 Å². The SMILES string of the molecule is COc1cc(Br)c2oc(C=O)cc2c1Br. The lowest BCUT2D eigenvalue weighted by molar-refractivity contribution is 0.110. The van der Waals surface area contributed by atoms with Gasteiger partial charge in [-0.05, 0) is 44.0 Å². The Balaban J connectivity index is 2.83. The summed E-state index contributed by atoms with van der Waals surface area (Å²) in [4.78, 5) is 10.6. The largest absolute Gasteiger partial charge is 0.496 e.